The van der Waals surface area contributed by atoms with Gasteiger partial charge in [0.25, 0.3) is 0 Å². The van der Waals surface area contributed by atoms with Crippen LogP contribution in [0.2, 0.25) is 0 Å². The van der Waals surface area contributed by atoms with Gasteiger partial charge in [-0.25, -0.2) is 0 Å². The third-order valence-electron chi connectivity index (χ3n) is 1.99. The number of rotatable bonds is 0. The maximum absolute atomic E-state index is 11.3. The van der Waals surface area contributed by atoms with Gasteiger partial charge < -0.3 is 5.32 Å². The van der Waals surface area contributed by atoms with Crippen LogP contribution in [0.15, 0.2) is 12.1 Å². The lowest BCUT2D eigenvalue weighted by atomic mass is 10.1. The van der Waals surface area contributed by atoms with Crippen molar-refractivity contribution in [2.24, 2.45) is 0 Å². The first-order chi connectivity index (χ1) is 5.77. The number of carbonyl (C=O) groups excluding carboxylic acids is 1. The summed E-state index contributed by atoms with van der Waals surface area (Å²) < 4.78 is 0. The first kappa shape index (κ1) is 7.43. The molecule has 0 aromatic carbocycles. The predicted octanol–water partition coefficient (Wildman–Crippen LogP) is 0.676. The zero-order valence-corrected chi connectivity index (χ0v) is 6.92. The van der Waals surface area contributed by atoms with E-state index in [1.165, 1.54) is 0 Å². The summed E-state index contributed by atoms with van der Waals surface area (Å²) in [5.74, 6) is 0.142. The highest BCUT2D eigenvalue weighted by Gasteiger charge is 2.16. The molecular formula is C9H10N2O. The quantitative estimate of drug-likeness (QED) is 0.609. The summed E-state index contributed by atoms with van der Waals surface area (Å²) in [4.78, 5) is 15.6. The monoisotopic (exact) mass is 162 g/mol. The second-order valence-corrected chi connectivity index (χ2v) is 2.97. The Labute approximate surface area is 70.8 Å². The molecule has 0 aliphatic carbocycles. The van der Waals surface area contributed by atoms with Gasteiger partial charge >= 0.3 is 0 Å². The fourth-order valence-corrected chi connectivity index (χ4v) is 1.39. The van der Waals surface area contributed by atoms with Crippen molar-refractivity contribution < 1.29 is 4.79 Å². The molecule has 0 amide bonds. The second-order valence-electron chi connectivity index (χ2n) is 2.97. The summed E-state index contributed by atoms with van der Waals surface area (Å²) in [6.45, 7) is 3.08. The SMILES string of the molecule is Cc1ccc2c(n1)CNCC2=O. The van der Waals surface area contributed by atoms with Crippen LogP contribution in [0.5, 0.6) is 0 Å². The Morgan fingerprint density at radius 2 is 2.25 bits per heavy atom. The Bertz CT molecular complexity index is 333. The van der Waals surface area contributed by atoms with E-state index >= 15 is 0 Å². The van der Waals surface area contributed by atoms with Gasteiger partial charge in [0.2, 0.25) is 0 Å². The lowest BCUT2D eigenvalue weighted by Gasteiger charge is -2.14. The molecular weight excluding hydrogens is 152 g/mol. The Morgan fingerprint density at radius 1 is 1.42 bits per heavy atom. The molecule has 1 aromatic rings. The summed E-state index contributed by atoms with van der Waals surface area (Å²) in [6.07, 6.45) is 0. The van der Waals surface area contributed by atoms with Crippen LogP contribution in [0.4, 0.5) is 0 Å². The second kappa shape index (κ2) is 2.68. The van der Waals surface area contributed by atoms with Gasteiger partial charge in [0.1, 0.15) is 0 Å². The van der Waals surface area contributed by atoms with Crippen molar-refractivity contribution in [2.45, 2.75) is 13.5 Å². The van der Waals surface area contributed by atoms with Gasteiger partial charge in [-0.05, 0) is 19.1 Å². The van der Waals surface area contributed by atoms with Gasteiger partial charge in [-0.2, -0.15) is 0 Å². The number of Topliss-reactive ketones (excluding diaryl/α,β-unsaturated/α-hetero) is 1. The molecule has 1 N–H and O–H groups in total. The molecule has 3 heteroatoms. The van der Waals surface area contributed by atoms with Crippen molar-refractivity contribution in [3.63, 3.8) is 0 Å². The number of carbonyl (C=O) groups is 1. The van der Waals surface area contributed by atoms with Crippen molar-refractivity contribution in [1.82, 2.24) is 10.3 Å². The predicted molar refractivity (Wildman–Crippen MR) is 45.0 cm³/mol. The zero-order chi connectivity index (χ0) is 8.55. The average molecular weight is 162 g/mol. The van der Waals surface area contributed by atoms with Crippen molar-refractivity contribution >= 4 is 5.78 Å². The number of aryl methyl sites for hydroxylation is 1. The molecule has 2 heterocycles. The van der Waals surface area contributed by atoms with E-state index in [-0.39, 0.29) is 5.78 Å². The average Bonchev–Trinajstić information content (AvgIpc) is 2.04. The molecule has 62 valence electrons. The Hall–Kier alpha value is -1.22. The Balaban J connectivity index is 2.53. The van der Waals surface area contributed by atoms with Gasteiger partial charge in [0.15, 0.2) is 5.78 Å². The highest BCUT2D eigenvalue weighted by atomic mass is 16.1. The van der Waals surface area contributed by atoms with Gasteiger partial charge in [-0.15, -0.1) is 0 Å². The molecule has 0 spiro atoms. The highest BCUT2D eigenvalue weighted by Crippen LogP contribution is 2.11. The van der Waals surface area contributed by atoms with Crippen LogP contribution in [0, 0.1) is 6.92 Å². The van der Waals surface area contributed by atoms with Crippen molar-refractivity contribution in [1.29, 1.82) is 0 Å². The molecule has 0 saturated carbocycles. The maximum atomic E-state index is 11.3. The summed E-state index contributed by atoms with van der Waals surface area (Å²) in [5.41, 5.74) is 2.62. The third kappa shape index (κ3) is 1.12. The molecule has 3 nitrogen and oxygen atoms in total. The van der Waals surface area contributed by atoms with Crippen LogP contribution in [0.3, 0.4) is 0 Å². The number of ketones is 1. The number of hydrogen-bond acceptors (Lipinski definition) is 3. The topological polar surface area (TPSA) is 42.0 Å². The first-order valence-electron chi connectivity index (χ1n) is 3.98. The molecule has 0 unspecified atom stereocenters. The smallest absolute Gasteiger partial charge is 0.178 e. The fraction of sp³-hybridized carbons (Fsp3) is 0.333. The summed E-state index contributed by atoms with van der Waals surface area (Å²) in [6, 6.07) is 3.74. The number of aromatic nitrogens is 1. The standard InChI is InChI=1S/C9H10N2O/c1-6-2-3-7-8(11-6)4-10-5-9(7)12/h2-3,10H,4-5H2,1H3. The molecule has 12 heavy (non-hydrogen) atoms. The molecule has 1 aliphatic heterocycles. The molecule has 0 bridgehead atoms. The van der Waals surface area contributed by atoms with Crippen LogP contribution in [0.1, 0.15) is 21.7 Å². The molecule has 0 radical (unpaired) electrons. The molecule has 0 fully saturated rings. The summed E-state index contributed by atoms with van der Waals surface area (Å²) in [7, 11) is 0. The number of pyridine rings is 1. The highest BCUT2D eigenvalue weighted by molar-refractivity contribution is 5.99. The zero-order valence-electron chi connectivity index (χ0n) is 6.92. The lowest BCUT2D eigenvalue weighted by Crippen LogP contribution is -2.30. The van der Waals surface area contributed by atoms with Gasteiger partial charge in [-0.3, -0.25) is 9.78 Å². The van der Waals surface area contributed by atoms with E-state index in [9.17, 15) is 4.79 Å². The van der Waals surface area contributed by atoms with E-state index in [0.717, 1.165) is 17.0 Å². The van der Waals surface area contributed by atoms with Crippen molar-refractivity contribution in [3.05, 3.63) is 29.1 Å². The van der Waals surface area contributed by atoms with Crippen LogP contribution in [-0.4, -0.2) is 17.3 Å². The van der Waals surface area contributed by atoms with Crippen LogP contribution in [-0.2, 0) is 6.54 Å². The molecule has 2 rings (SSSR count). The van der Waals surface area contributed by atoms with Crippen molar-refractivity contribution in [3.8, 4) is 0 Å². The third-order valence-corrected chi connectivity index (χ3v) is 1.99. The number of nitrogens with zero attached hydrogens (tertiary/aromatic N) is 1. The number of nitrogens with one attached hydrogen (secondary N) is 1. The molecule has 1 aromatic heterocycles. The van der Waals surface area contributed by atoms with Gasteiger partial charge in [-0.1, -0.05) is 0 Å². The van der Waals surface area contributed by atoms with Crippen LogP contribution in [0.25, 0.3) is 0 Å². The van der Waals surface area contributed by atoms with Crippen molar-refractivity contribution in [2.75, 3.05) is 6.54 Å². The van der Waals surface area contributed by atoms with Gasteiger partial charge in [0, 0.05) is 17.8 Å². The largest absolute Gasteiger partial charge is 0.304 e. The van der Waals surface area contributed by atoms with E-state index < -0.39 is 0 Å². The van der Waals surface area contributed by atoms with Gasteiger partial charge in [0.05, 0.1) is 12.2 Å². The molecule has 1 aliphatic rings. The Kier molecular flexibility index (Phi) is 1.66. The van der Waals surface area contributed by atoms with Crippen LogP contribution < -0.4 is 5.32 Å². The fourth-order valence-electron chi connectivity index (χ4n) is 1.39. The van der Waals surface area contributed by atoms with E-state index in [0.29, 0.717) is 13.1 Å². The maximum Gasteiger partial charge on any atom is 0.178 e. The minimum absolute atomic E-state index is 0.142. The van der Waals surface area contributed by atoms with E-state index in [2.05, 4.69) is 10.3 Å². The number of hydrogen-bond donors (Lipinski definition) is 1. The minimum atomic E-state index is 0.142. The van der Waals surface area contributed by atoms with Crippen LogP contribution >= 0.6 is 0 Å². The molecule has 0 saturated heterocycles. The molecule has 0 atom stereocenters. The lowest BCUT2D eigenvalue weighted by molar-refractivity contribution is 0.0981. The van der Waals surface area contributed by atoms with E-state index in [1.807, 2.05) is 19.1 Å². The Morgan fingerprint density at radius 3 is 3.08 bits per heavy atom. The summed E-state index contributed by atoms with van der Waals surface area (Å²) in [5, 5.41) is 3.01. The summed E-state index contributed by atoms with van der Waals surface area (Å²) >= 11 is 0. The van der Waals surface area contributed by atoms with E-state index in [1.54, 1.807) is 0 Å². The van der Waals surface area contributed by atoms with E-state index in [4.69, 9.17) is 0 Å². The normalized spacial score (nSPS) is 15.9. The number of fused-ring (bicyclic) bond motifs is 1. The first-order valence-corrected chi connectivity index (χ1v) is 3.98. The minimum Gasteiger partial charge on any atom is -0.304 e.